The Bertz CT molecular complexity index is 915. The summed E-state index contributed by atoms with van der Waals surface area (Å²) in [5, 5.41) is 1.20. The number of piperazine rings is 1. The zero-order valence-corrected chi connectivity index (χ0v) is 16.1. The van der Waals surface area contributed by atoms with Gasteiger partial charge in [-0.05, 0) is 43.2 Å². The first-order chi connectivity index (χ1) is 13.1. The van der Waals surface area contributed by atoms with Gasteiger partial charge in [0.25, 0.3) is 0 Å². The Balaban J connectivity index is 1.66. The highest BCUT2D eigenvalue weighted by Gasteiger charge is 2.52. The first-order valence-electron chi connectivity index (χ1n) is 10.3. The van der Waals surface area contributed by atoms with Gasteiger partial charge < -0.3 is 14.8 Å². The quantitative estimate of drug-likeness (QED) is 0.887. The first-order valence-corrected chi connectivity index (χ1v) is 10.3. The largest absolute Gasteiger partial charge is 0.356 e. The number of carbonyl (C=O) groups is 2. The minimum absolute atomic E-state index is 0.0355. The van der Waals surface area contributed by atoms with Crippen LogP contribution in [0.2, 0.25) is 0 Å². The Labute approximate surface area is 159 Å². The fourth-order valence-corrected chi connectivity index (χ4v) is 5.38. The number of aromatic amines is 1. The van der Waals surface area contributed by atoms with E-state index in [0.29, 0.717) is 12.3 Å². The highest BCUT2D eigenvalue weighted by molar-refractivity contribution is 5.99. The average Bonchev–Trinajstić information content (AvgIpc) is 3.04. The Kier molecular flexibility index (Phi) is 3.81. The van der Waals surface area contributed by atoms with Crippen molar-refractivity contribution in [2.24, 2.45) is 5.92 Å². The van der Waals surface area contributed by atoms with Crippen LogP contribution in [0.1, 0.15) is 56.8 Å². The summed E-state index contributed by atoms with van der Waals surface area (Å²) in [6.07, 6.45) is 4.35. The molecule has 2 saturated heterocycles. The molecule has 2 aromatic rings. The molecule has 3 aliphatic rings. The van der Waals surface area contributed by atoms with E-state index in [4.69, 9.17) is 0 Å². The number of benzene rings is 1. The molecule has 2 amide bonds. The number of fused-ring (bicyclic) bond motifs is 5. The van der Waals surface area contributed by atoms with Gasteiger partial charge >= 0.3 is 0 Å². The summed E-state index contributed by atoms with van der Waals surface area (Å²) in [6.45, 7) is 5.11. The molecule has 1 N–H and O–H groups in total. The number of nitrogens with one attached hydrogen (secondary N) is 1. The molecule has 0 saturated carbocycles. The van der Waals surface area contributed by atoms with Crippen molar-refractivity contribution in [3.8, 4) is 0 Å². The molecule has 0 unspecified atom stereocenters. The minimum atomic E-state index is -0.345. The van der Waals surface area contributed by atoms with E-state index in [1.807, 2.05) is 15.9 Å². The molecule has 5 rings (SSSR count). The van der Waals surface area contributed by atoms with Crippen molar-refractivity contribution >= 4 is 22.7 Å². The summed E-state index contributed by atoms with van der Waals surface area (Å²) in [5.74, 6) is 0.763. The van der Waals surface area contributed by atoms with Crippen LogP contribution in [0.3, 0.4) is 0 Å². The SMILES string of the molecule is CC(C)C[C@@H]1c2[nH]c3ccccc3c2C[C@H]2C(=O)N3CCCC[C@@H]3C(=O)N12. The molecule has 3 atom stereocenters. The number of piperidine rings is 1. The number of nitrogens with zero attached hydrogens (tertiary/aromatic N) is 2. The van der Waals surface area contributed by atoms with Gasteiger partial charge in [0.1, 0.15) is 12.1 Å². The third kappa shape index (κ3) is 2.43. The first kappa shape index (κ1) is 16.8. The summed E-state index contributed by atoms with van der Waals surface area (Å²) >= 11 is 0. The summed E-state index contributed by atoms with van der Waals surface area (Å²) in [6, 6.07) is 7.68. The molecule has 0 radical (unpaired) electrons. The predicted octanol–water partition coefficient (Wildman–Crippen LogP) is 3.40. The van der Waals surface area contributed by atoms with Crippen molar-refractivity contribution in [2.45, 2.75) is 64.1 Å². The summed E-state index contributed by atoms with van der Waals surface area (Å²) < 4.78 is 0. The summed E-state index contributed by atoms with van der Waals surface area (Å²) in [4.78, 5) is 34.3. The molecule has 2 fully saturated rings. The number of hydrogen-bond donors (Lipinski definition) is 1. The maximum absolute atomic E-state index is 13.5. The van der Waals surface area contributed by atoms with E-state index in [1.54, 1.807) is 0 Å². The second-order valence-electron chi connectivity index (χ2n) is 8.72. The molecular weight excluding hydrogens is 338 g/mol. The van der Waals surface area contributed by atoms with Crippen molar-refractivity contribution in [1.82, 2.24) is 14.8 Å². The highest BCUT2D eigenvalue weighted by atomic mass is 16.2. The summed E-state index contributed by atoms with van der Waals surface area (Å²) in [5.41, 5.74) is 3.48. The van der Waals surface area contributed by atoms with E-state index in [1.165, 1.54) is 10.9 Å². The van der Waals surface area contributed by atoms with Gasteiger partial charge in [-0.15, -0.1) is 0 Å². The Morgan fingerprint density at radius 3 is 2.74 bits per heavy atom. The Morgan fingerprint density at radius 2 is 1.93 bits per heavy atom. The zero-order valence-electron chi connectivity index (χ0n) is 16.1. The highest BCUT2D eigenvalue weighted by Crippen LogP contribution is 2.43. The molecule has 0 bridgehead atoms. The van der Waals surface area contributed by atoms with Crippen LogP contribution in [-0.4, -0.2) is 45.2 Å². The van der Waals surface area contributed by atoms with Crippen molar-refractivity contribution in [1.29, 1.82) is 0 Å². The molecular formula is C22H27N3O2. The zero-order chi connectivity index (χ0) is 18.7. The molecule has 1 aromatic heterocycles. The summed E-state index contributed by atoms with van der Waals surface area (Å²) in [7, 11) is 0. The molecule has 0 spiro atoms. The van der Waals surface area contributed by atoms with Gasteiger partial charge in [0, 0.05) is 29.6 Å². The lowest BCUT2D eigenvalue weighted by atomic mass is 9.83. The van der Waals surface area contributed by atoms with Crippen LogP contribution in [-0.2, 0) is 16.0 Å². The standard InChI is InChI=1S/C22H27N3O2/c1-13(2)11-18-20-15(14-7-3-4-8-16(14)23-20)12-19-21(26)24-10-6-5-9-17(24)22(27)25(18)19/h3-4,7-8,13,17-19,23H,5-6,9-12H2,1-2H3/t17-,18-,19+/m1/s1. The molecule has 1 aromatic carbocycles. The number of aromatic nitrogens is 1. The lowest BCUT2D eigenvalue weighted by Crippen LogP contribution is -2.67. The lowest BCUT2D eigenvalue weighted by molar-refractivity contribution is -0.168. The molecule has 27 heavy (non-hydrogen) atoms. The Morgan fingerprint density at radius 1 is 1.11 bits per heavy atom. The van der Waals surface area contributed by atoms with E-state index in [0.717, 1.165) is 43.4 Å². The smallest absolute Gasteiger partial charge is 0.246 e. The van der Waals surface area contributed by atoms with E-state index in [-0.39, 0.29) is 29.9 Å². The lowest BCUT2D eigenvalue weighted by Gasteiger charge is -2.51. The second-order valence-corrected chi connectivity index (χ2v) is 8.72. The van der Waals surface area contributed by atoms with Crippen LogP contribution < -0.4 is 0 Å². The van der Waals surface area contributed by atoms with Gasteiger partial charge in [0.05, 0.1) is 6.04 Å². The van der Waals surface area contributed by atoms with E-state index >= 15 is 0 Å². The van der Waals surface area contributed by atoms with Crippen molar-refractivity contribution < 1.29 is 9.59 Å². The average molecular weight is 365 g/mol. The van der Waals surface area contributed by atoms with Crippen LogP contribution in [0, 0.1) is 5.92 Å². The van der Waals surface area contributed by atoms with Gasteiger partial charge in [-0.2, -0.15) is 0 Å². The third-order valence-corrected chi connectivity index (χ3v) is 6.55. The topological polar surface area (TPSA) is 56.4 Å². The fraction of sp³-hybridized carbons (Fsp3) is 0.545. The van der Waals surface area contributed by atoms with Crippen molar-refractivity contribution in [3.05, 3.63) is 35.5 Å². The molecule has 4 heterocycles. The van der Waals surface area contributed by atoms with Crippen LogP contribution in [0.4, 0.5) is 0 Å². The number of H-pyrrole nitrogens is 1. The molecule has 3 aliphatic heterocycles. The van der Waals surface area contributed by atoms with Crippen LogP contribution >= 0.6 is 0 Å². The Hall–Kier alpha value is -2.30. The monoisotopic (exact) mass is 365 g/mol. The normalized spacial score (nSPS) is 27.7. The maximum atomic E-state index is 13.5. The minimum Gasteiger partial charge on any atom is -0.356 e. The predicted molar refractivity (Wildman–Crippen MR) is 104 cm³/mol. The van der Waals surface area contributed by atoms with Gasteiger partial charge in [0.15, 0.2) is 0 Å². The fourth-order valence-electron chi connectivity index (χ4n) is 5.38. The van der Waals surface area contributed by atoms with Crippen molar-refractivity contribution in [3.63, 3.8) is 0 Å². The van der Waals surface area contributed by atoms with E-state index in [2.05, 4.69) is 37.0 Å². The number of carbonyl (C=O) groups excluding carboxylic acids is 2. The van der Waals surface area contributed by atoms with Gasteiger partial charge in [-0.3, -0.25) is 9.59 Å². The van der Waals surface area contributed by atoms with E-state index in [9.17, 15) is 9.59 Å². The maximum Gasteiger partial charge on any atom is 0.246 e. The number of amides is 2. The van der Waals surface area contributed by atoms with Crippen LogP contribution in [0.15, 0.2) is 24.3 Å². The van der Waals surface area contributed by atoms with Gasteiger partial charge in [-0.1, -0.05) is 32.0 Å². The number of para-hydroxylation sites is 1. The second kappa shape index (κ2) is 6.11. The van der Waals surface area contributed by atoms with Crippen molar-refractivity contribution in [2.75, 3.05) is 6.54 Å². The molecule has 5 nitrogen and oxygen atoms in total. The van der Waals surface area contributed by atoms with Crippen LogP contribution in [0.25, 0.3) is 10.9 Å². The molecule has 142 valence electrons. The third-order valence-electron chi connectivity index (χ3n) is 6.55. The molecule has 0 aliphatic carbocycles. The molecule has 5 heteroatoms. The van der Waals surface area contributed by atoms with Gasteiger partial charge in [0.2, 0.25) is 11.8 Å². The van der Waals surface area contributed by atoms with Gasteiger partial charge in [-0.25, -0.2) is 0 Å². The number of rotatable bonds is 2. The van der Waals surface area contributed by atoms with Crippen LogP contribution in [0.5, 0.6) is 0 Å². The number of hydrogen-bond acceptors (Lipinski definition) is 2. The van der Waals surface area contributed by atoms with E-state index < -0.39 is 0 Å².